The molecule has 5 heteroatoms. The molecule has 0 aliphatic heterocycles. The molecule has 0 heterocycles. The molecule has 1 fully saturated rings. The van der Waals surface area contributed by atoms with Crippen LogP contribution in [0.25, 0.3) is 0 Å². The quantitative estimate of drug-likeness (QED) is 0.617. The zero-order valence-electron chi connectivity index (χ0n) is 9.63. The van der Waals surface area contributed by atoms with E-state index in [0.717, 1.165) is 0 Å². The number of carboxylic acid groups (broad SMARTS) is 1. The van der Waals surface area contributed by atoms with Gasteiger partial charge in [-0.1, -0.05) is 38.5 Å². The van der Waals surface area contributed by atoms with E-state index in [4.69, 9.17) is 5.11 Å². The molecule has 92 valence electrons. The van der Waals surface area contributed by atoms with Crippen molar-refractivity contribution in [3.05, 3.63) is 0 Å². The van der Waals surface area contributed by atoms with Crippen molar-refractivity contribution in [3.8, 4) is 0 Å². The molecule has 1 aliphatic rings. The Bertz CT molecular complexity index is 145. The van der Waals surface area contributed by atoms with Crippen LogP contribution in [-0.2, 0) is 9.59 Å². The van der Waals surface area contributed by atoms with E-state index in [9.17, 15) is 9.59 Å². The van der Waals surface area contributed by atoms with E-state index in [0.29, 0.717) is 0 Å². The first-order valence-electron chi connectivity index (χ1n) is 4.84. The maximum Gasteiger partial charge on any atom is 0.310 e. The molecule has 0 saturated heterocycles. The molecule has 0 bridgehead atoms. The highest BCUT2D eigenvalue weighted by Gasteiger charge is 1.98. The van der Waals surface area contributed by atoms with Gasteiger partial charge < -0.3 is 17.4 Å². The second kappa shape index (κ2) is 13.1. The van der Waals surface area contributed by atoms with Gasteiger partial charge >= 0.3 is 5.97 Å². The van der Waals surface area contributed by atoms with Crippen LogP contribution < -0.4 is 12.3 Å². The summed E-state index contributed by atoms with van der Waals surface area (Å²) in [5, 5.41) is 7.86. The second-order valence-electron chi connectivity index (χ2n) is 3.39. The normalized spacial score (nSPS) is 13.4. The number of Topliss-reactive ketones (excluding diaryl/α,β-unsaturated/α-hetero) is 1. The summed E-state index contributed by atoms with van der Waals surface area (Å²) < 4.78 is 0. The highest BCUT2D eigenvalue weighted by molar-refractivity contribution is 5.93. The molecule has 5 nitrogen and oxygen atoms in total. The number of carboxylic acids is 1. The third-order valence-electron chi connectivity index (χ3n) is 1.90. The minimum atomic E-state index is -1.06. The first-order valence-corrected chi connectivity index (χ1v) is 4.84. The summed E-state index contributed by atoms with van der Waals surface area (Å²) in [4.78, 5) is 19.5. The maximum absolute atomic E-state index is 9.87. The lowest BCUT2D eigenvalue weighted by Crippen LogP contribution is -2.00. The third kappa shape index (κ3) is 19.5. The van der Waals surface area contributed by atoms with Crippen LogP contribution in [0.2, 0.25) is 0 Å². The first-order chi connectivity index (χ1) is 6.13. The van der Waals surface area contributed by atoms with E-state index < -0.39 is 5.97 Å². The SMILES string of the molecule is C1CCCCC1.CC(=O)CC(=O)O.N.N. The van der Waals surface area contributed by atoms with E-state index in [-0.39, 0.29) is 24.5 Å². The molecule has 0 aromatic carbocycles. The van der Waals surface area contributed by atoms with Gasteiger partial charge in [-0.25, -0.2) is 0 Å². The summed E-state index contributed by atoms with van der Waals surface area (Å²) in [6, 6.07) is 0. The molecule has 0 radical (unpaired) electrons. The fourth-order valence-electron chi connectivity index (χ4n) is 1.27. The Labute approximate surface area is 91.4 Å². The summed E-state index contributed by atoms with van der Waals surface area (Å²) in [7, 11) is 0. The summed E-state index contributed by atoms with van der Waals surface area (Å²) in [6.45, 7) is 1.24. The molecule has 15 heavy (non-hydrogen) atoms. The summed E-state index contributed by atoms with van der Waals surface area (Å²) in [5.41, 5.74) is 0. The molecular formula is C10H24N2O3. The maximum atomic E-state index is 9.87. The van der Waals surface area contributed by atoms with Crippen LogP contribution in [0.5, 0.6) is 0 Å². The topological polar surface area (TPSA) is 124 Å². The van der Waals surface area contributed by atoms with Gasteiger partial charge in [-0.05, 0) is 6.92 Å². The van der Waals surface area contributed by atoms with Crippen LogP contribution >= 0.6 is 0 Å². The fourth-order valence-corrected chi connectivity index (χ4v) is 1.27. The number of carbonyl (C=O) groups excluding carboxylic acids is 1. The summed E-state index contributed by atoms with van der Waals surface area (Å²) in [6.07, 6.45) is 8.64. The van der Waals surface area contributed by atoms with Gasteiger partial charge in [0.1, 0.15) is 12.2 Å². The molecule has 0 aromatic heterocycles. The lowest BCUT2D eigenvalue weighted by Gasteiger charge is -2.05. The van der Waals surface area contributed by atoms with Gasteiger partial charge in [0.2, 0.25) is 0 Å². The first kappa shape index (κ1) is 19.6. The van der Waals surface area contributed by atoms with Crippen LogP contribution in [-0.4, -0.2) is 16.9 Å². The van der Waals surface area contributed by atoms with Crippen LogP contribution in [0.1, 0.15) is 51.9 Å². The van der Waals surface area contributed by atoms with Gasteiger partial charge in [0.05, 0.1) is 0 Å². The average Bonchev–Trinajstić information content (AvgIpc) is 2.06. The molecule has 1 saturated carbocycles. The number of carbonyl (C=O) groups is 2. The van der Waals surface area contributed by atoms with Crippen molar-refractivity contribution in [1.82, 2.24) is 12.3 Å². The molecule has 0 spiro atoms. The average molecular weight is 220 g/mol. The molecule has 1 rings (SSSR count). The Kier molecular flexibility index (Phi) is 17.1. The Morgan fingerprint density at radius 1 is 0.933 bits per heavy atom. The van der Waals surface area contributed by atoms with Crippen LogP contribution in [0.15, 0.2) is 0 Å². The van der Waals surface area contributed by atoms with Crippen LogP contribution in [0.3, 0.4) is 0 Å². The molecule has 7 N–H and O–H groups in total. The highest BCUT2D eigenvalue weighted by atomic mass is 16.4. The number of hydrogen-bond acceptors (Lipinski definition) is 4. The van der Waals surface area contributed by atoms with Gasteiger partial charge in [0.25, 0.3) is 0 Å². The lowest BCUT2D eigenvalue weighted by atomic mass is 10.0. The van der Waals surface area contributed by atoms with Crippen molar-refractivity contribution in [1.29, 1.82) is 0 Å². The van der Waals surface area contributed by atoms with E-state index in [2.05, 4.69) is 0 Å². The number of aliphatic carboxylic acids is 1. The predicted molar refractivity (Wildman–Crippen MR) is 60.7 cm³/mol. The highest BCUT2D eigenvalue weighted by Crippen LogP contribution is 2.15. The standard InChI is InChI=1S/C6H12.C4H6O3.2H3N/c1-2-4-6-5-3-1;1-3(5)2-4(6)7;;/h1-6H2;2H2,1H3,(H,6,7);2*1H3. The van der Waals surface area contributed by atoms with Gasteiger partial charge in [-0.3, -0.25) is 9.59 Å². The summed E-state index contributed by atoms with van der Waals surface area (Å²) >= 11 is 0. The zero-order valence-corrected chi connectivity index (χ0v) is 9.63. The van der Waals surface area contributed by atoms with E-state index in [1.165, 1.54) is 45.4 Å². The number of rotatable bonds is 2. The monoisotopic (exact) mass is 220 g/mol. The van der Waals surface area contributed by atoms with Crippen molar-refractivity contribution in [2.75, 3.05) is 0 Å². The van der Waals surface area contributed by atoms with Gasteiger partial charge in [-0.2, -0.15) is 0 Å². The molecule has 0 atom stereocenters. The fraction of sp³-hybridized carbons (Fsp3) is 0.800. The lowest BCUT2D eigenvalue weighted by molar-refractivity contribution is -0.139. The van der Waals surface area contributed by atoms with Crippen molar-refractivity contribution in [2.45, 2.75) is 51.9 Å². The Morgan fingerprint density at radius 2 is 1.20 bits per heavy atom. The molecule has 0 aromatic rings. The Balaban J connectivity index is -0.000000170. The second-order valence-corrected chi connectivity index (χ2v) is 3.39. The molecule has 1 aliphatic carbocycles. The minimum Gasteiger partial charge on any atom is -0.481 e. The largest absolute Gasteiger partial charge is 0.481 e. The van der Waals surface area contributed by atoms with Gasteiger partial charge in [-0.15, -0.1) is 0 Å². The zero-order chi connectivity index (χ0) is 10.1. The number of hydrogen-bond donors (Lipinski definition) is 3. The molecule has 0 unspecified atom stereocenters. The van der Waals surface area contributed by atoms with Crippen molar-refractivity contribution < 1.29 is 14.7 Å². The Morgan fingerprint density at radius 3 is 1.27 bits per heavy atom. The van der Waals surface area contributed by atoms with Crippen LogP contribution in [0, 0.1) is 0 Å². The van der Waals surface area contributed by atoms with Crippen molar-refractivity contribution >= 4 is 11.8 Å². The van der Waals surface area contributed by atoms with E-state index in [1.54, 1.807) is 0 Å². The van der Waals surface area contributed by atoms with E-state index in [1.807, 2.05) is 0 Å². The summed E-state index contributed by atoms with van der Waals surface area (Å²) in [5.74, 6) is -1.37. The van der Waals surface area contributed by atoms with Crippen molar-refractivity contribution in [2.24, 2.45) is 0 Å². The van der Waals surface area contributed by atoms with Crippen LogP contribution in [0.4, 0.5) is 0 Å². The minimum absolute atomic E-state index is 0. The van der Waals surface area contributed by atoms with Gasteiger partial charge in [0.15, 0.2) is 0 Å². The third-order valence-corrected chi connectivity index (χ3v) is 1.90. The molecular weight excluding hydrogens is 196 g/mol. The van der Waals surface area contributed by atoms with Gasteiger partial charge in [0, 0.05) is 0 Å². The molecule has 0 amide bonds. The van der Waals surface area contributed by atoms with Crippen molar-refractivity contribution in [3.63, 3.8) is 0 Å². The number of ketones is 1. The predicted octanol–water partition coefficient (Wildman–Crippen LogP) is 2.71. The Hall–Kier alpha value is -0.940. The smallest absolute Gasteiger partial charge is 0.310 e. The van der Waals surface area contributed by atoms with E-state index >= 15 is 0 Å².